The molecule has 9 heteroatoms. The lowest BCUT2D eigenvalue weighted by molar-refractivity contribution is -0.126. The number of rotatable bonds is 6. The van der Waals surface area contributed by atoms with Crippen LogP contribution in [0.25, 0.3) is 0 Å². The summed E-state index contributed by atoms with van der Waals surface area (Å²) in [5.74, 6) is -0.340. The molecule has 0 saturated carbocycles. The second-order valence-corrected chi connectivity index (χ2v) is 10.7. The first-order valence-corrected chi connectivity index (χ1v) is 12.7. The Balaban J connectivity index is 1.47. The molecule has 0 bridgehead atoms. The van der Waals surface area contributed by atoms with Gasteiger partial charge in [-0.05, 0) is 56.0 Å². The van der Waals surface area contributed by atoms with E-state index in [2.05, 4.69) is 10.3 Å². The number of sulfonamides is 1. The quantitative estimate of drug-likeness (QED) is 0.581. The minimum absolute atomic E-state index is 0.194. The van der Waals surface area contributed by atoms with Crippen molar-refractivity contribution in [3.05, 3.63) is 83.2 Å². The van der Waals surface area contributed by atoms with Gasteiger partial charge >= 0.3 is 0 Å². The molecule has 7 nitrogen and oxygen atoms in total. The monoisotopic (exact) mass is 484 g/mol. The Bertz CT molecular complexity index is 1300. The largest absolute Gasteiger partial charge is 0.342 e. The van der Waals surface area contributed by atoms with E-state index in [1.165, 1.54) is 16.4 Å². The topological polar surface area (TPSA) is 84.3 Å². The number of piperidine rings is 1. The summed E-state index contributed by atoms with van der Waals surface area (Å²) >= 11 is 0. The van der Waals surface area contributed by atoms with Crippen molar-refractivity contribution < 1.29 is 17.6 Å². The molecule has 1 fully saturated rings. The minimum Gasteiger partial charge on any atom is -0.342 e. The molecule has 0 radical (unpaired) electrons. The summed E-state index contributed by atoms with van der Waals surface area (Å²) in [6, 6.07) is 10.8. The van der Waals surface area contributed by atoms with E-state index in [1.54, 1.807) is 48.1 Å². The van der Waals surface area contributed by atoms with Gasteiger partial charge in [-0.3, -0.25) is 4.79 Å². The van der Waals surface area contributed by atoms with E-state index in [0.717, 1.165) is 5.56 Å². The third kappa shape index (κ3) is 4.90. The number of carbonyl (C=O) groups is 1. The molecule has 3 aromatic rings. The molecule has 1 atom stereocenters. The number of nitrogens with zero attached hydrogens (tertiary/aromatic N) is 3. The average Bonchev–Trinajstić information content (AvgIpc) is 3.22. The zero-order valence-corrected chi connectivity index (χ0v) is 20.3. The Kier molecular flexibility index (Phi) is 6.86. The predicted molar refractivity (Wildman–Crippen MR) is 127 cm³/mol. The smallest absolute Gasteiger partial charge is 0.243 e. The van der Waals surface area contributed by atoms with Crippen molar-refractivity contribution >= 4 is 15.9 Å². The molecular weight excluding hydrogens is 455 g/mol. The second-order valence-electron chi connectivity index (χ2n) is 8.84. The fourth-order valence-corrected chi connectivity index (χ4v) is 6.16. The van der Waals surface area contributed by atoms with Gasteiger partial charge in [-0.15, -0.1) is 0 Å². The van der Waals surface area contributed by atoms with Gasteiger partial charge in [-0.25, -0.2) is 17.8 Å². The van der Waals surface area contributed by atoms with Crippen LogP contribution in [0, 0.1) is 25.6 Å². The number of hydrogen-bond donors (Lipinski definition) is 1. The minimum atomic E-state index is -3.62. The van der Waals surface area contributed by atoms with E-state index >= 15 is 0 Å². The number of halogens is 1. The molecule has 1 saturated heterocycles. The summed E-state index contributed by atoms with van der Waals surface area (Å²) in [6.45, 7) is 4.25. The van der Waals surface area contributed by atoms with Gasteiger partial charge in [0.15, 0.2) is 0 Å². The number of carbonyl (C=O) groups excluding carboxylic acids is 1. The average molecular weight is 485 g/mol. The van der Waals surface area contributed by atoms with E-state index in [4.69, 9.17) is 0 Å². The maximum atomic E-state index is 13.9. The summed E-state index contributed by atoms with van der Waals surface area (Å²) in [5.41, 5.74) is 2.32. The van der Waals surface area contributed by atoms with Crippen molar-refractivity contribution in [2.75, 3.05) is 13.1 Å². The van der Waals surface area contributed by atoms with Crippen LogP contribution in [-0.4, -0.2) is 41.3 Å². The van der Waals surface area contributed by atoms with Crippen LogP contribution >= 0.6 is 0 Å². The number of imidazole rings is 1. The summed E-state index contributed by atoms with van der Waals surface area (Å²) in [6.07, 6.45) is 4.22. The van der Waals surface area contributed by atoms with Crippen LogP contribution in [0.2, 0.25) is 0 Å². The number of amides is 1. The van der Waals surface area contributed by atoms with Crippen molar-refractivity contribution in [2.24, 2.45) is 13.0 Å². The first kappa shape index (κ1) is 24.1. The van der Waals surface area contributed by atoms with Gasteiger partial charge in [0, 0.05) is 38.4 Å². The van der Waals surface area contributed by atoms with Crippen LogP contribution in [0.15, 0.2) is 59.8 Å². The van der Waals surface area contributed by atoms with E-state index in [1.807, 2.05) is 20.0 Å². The van der Waals surface area contributed by atoms with Crippen molar-refractivity contribution in [3.63, 3.8) is 0 Å². The van der Waals surface area contributed by atoms with Crippen LogP contribution in [-0.2, 0) is 21.9 Å². The highest BCUT2D eigenvalue weighted by Crippen LogP contribution is 2.28. The summed E-state index contributed by atoms with van der Waals surface area (Å²) in [5, 5.41) is 3.02. The fourth-order valence-electron chi connectivity index (χ4n) is 4.48. The molecule has 1 aliphatic heterocycles. The Morgan fingerprint density at radius 1 is 1.15 bits per heavy atom. The van der Waals surface area contributed by atoms with E-state index < -0.39 is 21.9 Å². The number of hydrogen-bond acceptors (Lipinski definition) is 4. The third-order valence-corrected chi connectivity index (χ3v) is 8.42. The molecule has 2 heterocycles. The van der Waals surface area contributed by atoms with Crippen molar-refractivity contribution in [2.45, 2.75) is 37.6 Å². The molecule has 1 amide bonds. The van der Waals surface area contributed by atoms with Crippen LogP contribution in [0.4, 0.5) is 4.39 Å². The number of nitrogens with one attached hydrogen (secondary N) is 1. The third-order valence-electron chi connectivity index (χ3n) is 6.36. The van der Waals surface area contributed by atoms with Crippen molar-refractivity contribution in [3.8, 4) is 0 Å². The number of aromatic nitrogens is 2. The molecule has 180 valence electrons. The SMILES string of the molecule is Cc1ccc(S(=O)(=O)N2CCC(C(=O)N[C@H](c3cccc(F)c3)c3nccn3C)CC2)c(C)c1. The number of benzene rings is 2. The molecule has 1 N–H and O–H groups in total. The summed E-state index contributed by atoms with van der Waals surface area (Å²) in [7, 11) is -1.81. The lowest BCUT2D eigenvalue weighted by atomic mass is 9.96. The van der Waals surface area contributed by atoms with Gasteiger partial charge in [-0.1, -0.05) is 29.8 Å². The molecule has 1 aliphatic rings. The Morgan fingerprint density at radius 3 is 2.50 bits per heavy atom. The van der Waals surface area contributed by atoms with Gasteiger partial charge in [0.05, 0.1) is 4.90 Å². The Morgan fingerprint density at radius 2 is 1.88 bits per heavy atom. The van der Waals surface area contributed by atoms with Crippen LogP contribution in [0.1, 0.15) is 41.4 Å². The first-order valence-electron chi connectivity index (χ1n) is 11.3. The Labute approximate surface area is 199 Å². The molecule has 2 aromatic carbocycles. The van der Waals surface area contributed by atoms with Crippen LogP contribution < -0.4 is 5.32 Å². The highest BCUT2D eigenvalue weighted by atomic mass is 32.2. The zero-order valence-electron chi connectivity index (χ0n) is 19.5. The van der Waals surface area contributed by atoms with Crippen LogP contribution in [0.3, 0.4) is 0 Å². The van der Waals surface area contributed by atoms with Crippen LogP contribution in [0.5, 0.6) is 0 Å². The molecule has 4 rings (SSSR count). The molecule has 0 unspecified atom stereocenters. The molecule has 1 aromatic heterocycles. The van der Waals surface area contributed by atoms with Gasteiger partial charge in [0.1, 0.15) is 17.7 Å². The highest BCUT2D eigenvalue weighted by molar-refractivity contribution is 7.89. The number of aryl methyl sites for hydroxylation is 3. The van der Waals surface area contributed by atoms with E-state index in [9.17, 15) is 17.6 Å². The van der Waals surface area contributed by atoms with Gasteiger partial charge in [-0.2, -0.15) is 4.31 Å². The summed E-state index contributed by atoms with van der Waals surface area (Å²) in [4.78, 5) is 17.8. The van der Waals surface area contributed by atoms with Gasteiger partial charge < -0.3 is 9.88 Å². The molecule has 0 aliphatic carbocycles. The maximum Gasteiger partial charge on any atom is 0.243 e. The summed E-state index contributed by atoms with van der Waals surface area (Å²) < 4.78 is 43.5. The standard InChI is InChI=1S/C25H29FN4O3S/c1-17-7-8-22(18(2)15-17)34(32,33)30-12-9-19(10-13-30)25(31)28-23(24-27-11-14-29(24)3)20-5-4-6-21(26)16-20/h4-8,11,14-16,19,23H,9-10,12-13H2,1-3H3,(H,28,31)/t23-/m1/s1. The van der Waals surface area contributed by atoms with Crippen molar-refractivity contribution in [1.82, 2.24) is 19.2 Å². The van der Waals surface area contributed by atoms with Gasteiger partial charge in [0.25, 0.3) is 0 Å². The molecule has 0 spiro atoms. The molecular formula is C25H29FN4O3S. The maximum absolute atomic E-state index is 13.9. The zero-order chi connectivity index (χ0) is 24.5. The van der Waals surface area contributed by atoms with Crippen molar-refractivity contribution in [1.29, 1.82) is 0 Å². The van der Waals surface area contributed by atoms with Gasteiger partial charge in [0.2, 0.25) is 15.9 Å². The fraction of sp³-hybridized carbons (Fsp3) is 0.360. The van der Waals surface area contributed by atoms with E-state index in [-0.39, 0.29) is 24.9 Å². The van der Waals surface area contributed by atoms with E-state index in [0.29, 0.717) is 34.7 Å². The first-order chi connectivity index (χ1) is 16.2. The molecule has 34 heavy (non-hydrogen) atoms. The predicted octanol–water partition coefficient (Wildman–Crippen LogP) is 3.48. The lowest BCUT2D eigenvalue weighted by Crippen LogP contribution is -2.44. The second kappa shape index (κ2) is 9.68. The normalized spacial score (nSPS) is 16.4. The lowest BCUT2D eigenvalue weighted by Gasteiger charge is -2.32. The highest BCUT2D eigenvalue weighted by Gasteiger charge is 2.34. The Hall–Kier alpha value is -3.04.